The van der Waals surface area contributed by atoms with Crippen molar-refractivity contribution in [2.24, 2.45) is 0 Å². The van der Waals surface area contributed by atoms with Crippen molar-refractivity contribution in [2.45, 2.75) is 57.0 Å². The molecule has 6 heteroatoms. The van der Waals surface area contributed by atoms with Crippen molar-refractivity contribution in [2.75, 3.05) is 18.1 Å². The Hall–Kier alpha value is -0.620. The van der Waals surface area contributed by atoms with Gasteiger partial charge in [-0.1, -0.05) is 25.7 Å². The molecule has 0 radical (unpaired) electrons. The van der Waals surface area contributed by atoms with Crippen LogP contribution >= 0.6 is 0 Å². The van der Waals surface area contributed by atoms with Crippen LogP contribution in [0.1, 0.15) is 44.9 Å². The molecule has 5 nitrogen and oxygen atoms in total. The second-order valence-electron chi connectivity index (χ2n) is 5.77. The first-order chi connectivity index (χ1) is 8.98. The molecule has 1 N–H and O–H groups in total. The molecular weight excluding hydrogens is 266 g/mol. The highest BCUT2D eigenvalue weighted by molar-refractivity contribution is 7.91. The zero-order chi connectivity index (χ0) is 13.9. The molecule has 1 saturated heterocycles. The Morgan fingerprint density at radius 1 is 1.05 bits per heavy atom. The van der Waals surface area contributed by atoms with Crippen molar-refractivity contribution in [1.29, 1.82) is 0 Å². The van der Waals surface area contributed by atoms with E-state index in [1.807, 2.05) is 4.90 Å². The average molecular weight is 289 g/mol. The van der Waals surface area contributed by atoms with Gasteiger partial charge in [-0.3, -0.25) is 9.69 Å². The predicted molar refractivity (Wildman–Crippen MR) is 72.9 cm³/mol. The van der Waals surface area contributed by atoms with Crippen molar-refractivity contribution in [1.82, 2.24) is 4.90 Å². The summed E-state index contributed by atoms with van der Waals surface area (Å²) in [6.45, 7) is -0.0230. The number of carboxylic acids is 1. The molecule has 1 heterocycles. The number of aliphatic carboxylic acids is 1. The van der Waals surface area contributed by atoms with E-state index in [1.54, 1.807) is 0 Å². The fraction of sp³-hybridized carbons (Fsp3) is 0.923. The first-order valence-corrected chi connectivity index (χ1v) is 8.98. The lowest BCUT2D eigenvalue weighted by atomic mass is 10.0. The predicted octanol–water partition coefficient (Wildman–Crippen LogP) is 1.28. The number of hydrogen-bond acceptors (Lipinski definition) is 4. The third-order valence-corrected chi connectivity index (χ3v) is 6.04. The maximum atomic E-state index is 11.6. The Bertz CT molecular complexity index is 412. The summed E-state index contributed by atoms with van der Waals surface area (Å²) in [5, 5.41) is 9.08. The number of nitrogens with zero attached hydrogens (tertiary/aromatic N) is 1. The normalized spacial score (nSPS) is 28.4. The zero-order valence-corrected chi connectivity index (χ0v) is 12.1. The Morgan fingerprint density at radius 3 is 2.16 bits per heavy atom. The summed E-state index contributed by atoms with van der Waals surface area (Å²) >= 11 is 0. The number of carbonyl (C=O) groups is 1. The minimum atomic E-state index is -2.96. The van der Waals surface area contributed by atoms with Gasteiger partial charge in [-0.15, -0.1) is 0 Å². The fourth-order valence-electron chi connectivity index (χ4n) is 3.34. The molecule has 0 aromatic rings. The van der Waals surface area contributed by atoms with Gasteiger partial charge in [-0.2, -0.15) is 0 Å². The highest BCUT2D eigenvalue weighted by Gasteiger charge is 2.36. The van der Waals surface area contributed by atoms with Crippen molar-refractivity contribution < 1.29 is 18.3 Å². The molecular formula is C13H23NO4S. The summed E-state index contributed by atoms with van der Waals surface area (Å²) in [7, 11) is -2.96. The number of sulfone groups is 1. The Morgan fingerprint density at radius 2 is 1.68 bits per heavy atom. The second kappa shape index (κ2) is 6.22. The summed E-state index contributed by atoms with van der Waals surface area (Å²) in [5.74, 6) is -0.509. The van der Waals surface area contributed by atoms with E-state index >= 15 is 0 Å². The van der Waals surface area contributed by atoms with E-state index < -0.39 is 15.8 Å². The molecule has 2 aliphatic rings. The largest absolute Gasteiger partial charge is 0.480 e. The molecule has 1 unspecified atom stereocenters. The summed E-state index contributed by atoms with van der Waals surface area (Å²) in [6.07, 6.45) is 7.26. The van der Waals surface area contributed by atoms with Gasteiger partial charge in [0.1, 0.15) is 0 Å². The van der Waals surface area contributed by atoms with Gasteiger partial charge in [-0.05, 0) is 19.3 Å². The quantitative estimate of drug-likeness (QED) is 0.789. The average Bonchev–Trinajstić information content (AvgIpc) is 2.54. The number of hydrogen-bond donors (Lipinski definition) is 1. The molecule has 1 saturated carbocycles. The van der Waals surface area contributed by atoms with E-state index in [-0.39, 0.29) is 30.1 Å². The van der Waals surface area contributed by atoms with E-state index in [4.69, 9.17) is 5.11 Å². The van der Waals surface area contributed by atoms with Gasteiger partial charge in [0.05, 0.1) is 18.1 Å². The van der Waals surface area contributed by atoms with Gasteiger partial charge in [0.2, 0.25) is 0 Å². The smallest absolute Gasteiger partial charge is 0.317 e. The third-order valence-electron chi connectivity index (χ3n) is 4.29. The molecule has 1 atom stereocenters. The lowest BCUT2D eigenvalue weighted by Gasteiger charge is -2.34. The van der Waals surface area contributed by atoms with Crippen LogP contribution in [-0.4, -0.2) is 54.5 Å². The Balaban J connectivity index is 2.08. The molecule has 2 rings (SSSR count). The molecule has 110 valence electrons. The molecule has 0 aromatic heterocycles. The van der Waals surface area contributed by atoms with Crippen LogP contribution in [0.3, 0.4) is 0 Å². The van der Waals surface area contributed by atoms with Crippen LogP contribution in [0.4, 0.5) is 0 Å². The standard InChI is InChI=1S/C13H23NO4S/c15-13(16)9-14(11-5-3-1-2-4-6-11)12-7-8-19(17,18)10-12/h11-12H,1-10H2,(H,15,16). The molecule has 1 aliphatic carbocycles. The van der Waals surface area contributed by atoms with Crippen LogP contribution < -0.4 is 0 Å². The lowest BCUT2D eigenvalue weighted by molar-refractivity contribution is -0.139. The van der Waals surface area contributed by atoms with Gasteiger partial charge in [0.25, 0.3) is 0 Å². The van der Waals surface area contributed by atoms with Gasteiger partial charge in [-0.25, -0.2) is 8.42 Å². The minimum Gasteiger partial charge on any atom is -0.480 e. The van der Waals surface area contributed by atoms with Crippen molar-refractivity contribution >= 4 is 15.8 Å². The summed E-state index contributed by atoms with van der Waals surface area (Å²) < 4.78 is 23.2. The van der Waals surface area contributed by atoms with Crippen molar-refractivity contribution in [3.8, 4) is 0 Å². The lowest BCUT2D eigenvalue weighted by Crippen LogP contribution is -2.46. The van der Waals surface area contributed by atoms with E-state index in [0.29, 0.717) is 6.42 Å². The van der Waals surface area contributed by atoms with Crippen LogP contribution in [0.15, 0.2) is 0 Å². The zero-order valence-electron chi connectivity index (χ0n) is 11.3. The molecule has 0 bridgehead atoms. The summed E-state index contributed by atoms with van der Waals surface area (Å²) in [5.41, 5.74) is 0. The van der Waals surface area contributed by atoms with E-state index in [2.05, 4.69) is 0 Å². The molecule has 0 aromatic carbocycles. The van der Waals surface area contributed by atoms with E-state index in [1.165, 1.54) is 12.8 Å². The van der Waals surface area contributed by atoms with Gasteiger partial charge in [0, 0.05) is 12.1 Å². The van der Waals surface area contributed by atoms with Crippen LogP contribution in [0.5, 0.6) is 0 Å². The van der Waals surface area contributed by atoms with Gasteiger partial charge >= 0.3 is 5.97 Å². The molecule has 2 fully saturated rings. The van der Waals surface area contributed by atoms with Crippen molar-refractivity contribution in [3.05, 3.63) is 0 Å². The van der Waals surface area contributed by atoms with E-state index in [9.17, 15) is 13.2 Å². The maximum absolute atomic E-state index is 11.6. The number of rotatable bonds is 4. The van der Waals surface area contributed by atoms with Crippen LogP contribution in [0.25, 0.3) is 0 Å². The van der Waals surface area contributed by atoms with Gasteiger partial charge < -0.3 is 5.11 Å². The Labute approximate surface area is 114 Å². The maximum Gasteiger partial charge on any atom is 0.317 e. The first kappa shape index (κ1) is 14.8. The number of carboxylic acid groups (broad SMARTS) is 1. The molecule has 1 aliphatic heterocycles. The SMILES string of the molecule is O=C(O)CN(C1CCCCCC1)C1CCS(=O)(=O)C1. The summed E-state index contributed by atoms with van der Waals surface area (Å²) in [4.78, 5) is 13.0. The summed E-state index contributed by atoms with van der Waals surface area (Å²) in [6, 6.07) is 0.154. The minimum absolute atomic E-state index is 0.0230. The molecule has 19 heavy (non-hydrogen) atoms. The van der Waals surface area contributed by atoms with E-state index in [0.717, 1.165) is 25.7 Å². The highest BCUT2D eigenvalue weighted by atomic mass is 32.2. The van der Waals surface area contributed by atoms with Crippen LogP contribution in [0.2, 0.25) is 0 Å². The topological polar surface area (TPSA) is 74.7 Å². The molecule has 0 amide bonds. The third kappa shape index (κ3) is 4.18. The highest BCUT2D eigenvalue weighted by Crippen LogP contribution is 2.27. The fourth-order valence-corrected chi connectivity index (χ4v) is 5.08. The van der Waals surface area contributed by atoms with Crippen molar-refractivity contribution in [3.63, 3.8) is 0 Å². The van der Waals surface area contributed by atoms with Gasteiger partial charge in [0.15, 0.2) is 9.84 Å². The Kier molecular flexibility index (Phi) is 4.84. The first-order valence-electron chi connectivity index (χ1n) is 7.16. The molecule has 0 spiro atoms. The van der Waals surface area contributed by atoms with Crippen LogP contribution in [0, 0.1) is 0 Å². The second-order valence-corrected chi connectivity index (χ2v) is 8.00. The van der Waals surface area contributed by atoms with Crippen LogP contribution in [-0.2, 0) is 14.6 Å². The monoisotopic (exact) mass is 289 g/mol.